The minimum Gasteiger partial charge on any atom is -0.408 e. The van der Waals surface area contributed by atoms with Gasteiger partial charge in [0.2, 0.25) is 5.91 Å². The molecule has 136 valence electrons. The number of sulfone groups is 1. The van der Waals surface area contributed by atoms with Crippen LogP contribution >= 0.6 is 0 Å². The van der Waals surface area contributed by atoms with Crippen molar-refractivity contribution in [3.8, 4) is 0 Å². The van der Waals surface area contributed by atoms with E-state index in [0.717, 1.165) is 6.42 Å². The third-order valence-corrected chi connectivity index (χ3v) is 6.31. The van der Waals surface area contributed by atoms with Crippen LogP contribution in [0, 0.1) is 0 Å². The topological polar surface area (TPSA) is 89.6 Å². The summed E-state index contributed by atoms with van der Waals surface area (Å²) in [7, 11) is -3.05. The maximum Gasteiger partial charge on any atom is 0.419 e. The smallest absolute Gasteiger partial charge is 0.408 e. The Kier molecular flexibility index (Phi) is 4.99. The minimum atomic E-state index is -3.05. The van der Waals surface area contributed by atoms with Crippen LogP contribution in [0.4, 0.5) is 0 Å². The number of nitrogens with zero attached hydrogens (tertiary/aromatic N) is 2. The summed E-state index contributed by atoms with van der Waals surface area (Å²) < 4.78 is 30.0. The molecule has 0 N–H and O–H groups in total. The number of aryl methyl sites for hydroxylation is 1. The van der Waals surface area contributed by atoms with Crippen molar-refractivity contribution in [3.63, 3.8) is 0 Å². The molecule has 25 heavy (non-hydrogen) atoms. The molecule has 1 aliphatic heterocycles. The van der Waals surface area contributed by atoms with Gasteiger partial charge < -0.3 is 9.32 Å². The fourth-order valence-corrected chi connectivity index (χ4v) is 5.08. The lowest BCUT2D eigenvalue weighted by Gasteiger charge is -2.28. The van der Waals surface area contributed by atoms with Gasteiger partial charge in [0.15, 0.2) is 15.4 Å². The first-order valence-electron chi connectivity index (χ1n) is 8.49. The van der Waals surface area contributed by atoms with Gasteiger partial charge in [-0.25, -0.2) is 13.2 Å². The van der Waals surface area contributed by atoms with Crippen molar-refractivity contribution in [2.75, 3.05) is 18.1 Å². The molecule has 1 aromatic carbocycles. The number of carbonyl (C=O) groups excluding carboxylic acids is 1. The van der Waals surface area contributed by atoms with Gasteiger partial charge >= 0.3 is 5.76 Å². The summed E-state index contributed by atoms with van der Waals surface area (Å²) in [5.41, 5.74) is 1.15. The number of hydrogen-bond acceptors (Lipinski definition) is 5. The molecule has 0 aliphatic carbocycles. The Labute approximate surface area is 146 Å². The maximum atomic E-state index is 12.7. The number of hydrogen-bond donors (Lipinski definition) is 0. The number of aromatic nitrogens is 1. The van der Waals surface area contributed by atoms with Crippen LogP contribution < -0.4 is 5.76 Å². The molecule has 2 heterocycles. The number of benzene rings is 1. The van der Waals surface area contributed by atoms with Gasteiger partial charge in [0.25, 0.3) is 0 Å². The van der Waals surface area contributed by atoms with Gasteiger partial charge in [-0.3, -0.25) is 9.36 Å². The average Bonchev–Trinajstić information content (AvgIpc) is 3.09. The molecule has 1 saturated heterocycles. The van der Waals surface area contributed by atoms with Crippen molar-refractivity contribution in [1.82, 2.24) is 9.47 Å². The van der Waals surface area contributed by atoms with Crippen LogP contribution in [-0.2, 0) is 21.2 Å². The minimum absolute atomic E-state index is 0.0350. The third-order valence-electron chi connectivity index (χ3n) is 4.56. The third kappa shape index (κ3) is 3.78. The predicted molar refractivity (Wildman–Crippen MR) is 94.2 cm³/mol. The molecule has 1 aliphatic rings. The molecule has 8 heteroatoms. The van der Waals surface area contributed by atoms with Gasteiger partial charge in [0, 0.05) is 25.6 Å². The lowest BCUT2D eigenvalue weighted by Crippen LogP contribution is -2.42. The highest BCUT2D eigenvalue weighted by atomic mass is 32.2. The van der Waals surface area contributed by atoms with Gasteiger partial charge in [0.1, 0.15) is 0 Å². The molecule has 1 atom stereocenters. The molecule has 0 spiro atoms. The standard InChI is InChI=1S/C17H22N2O5S/c1-2-9-18(13-8-11-25(22,23)12-13)16(20)7-10-19-14-5-3-4-6-15(14)24-17(19)21/h3-6,13H,2,7-12H2,1H3/t13-/m1/s1. The Morgan fingerprint density at radius 2 is 2.12 bits per heavy atom. The first-order chi connectivity index (χ1) is 11.9. The van der Waals surface area contributed by atoms with Gasteiger partial charge in [-0.15, -0.1) is 0 Å². The van der Waals surface area contributed by atoms with E-state index in [4.69, 9.17) is 4.42 Å². The average molecular weight is 366 g/mol. The van der Waals surface area contributed by atoms with Gasteiger partial charge in [-0.05, 0) is 25.0 Å². The molecule has 2 aromatic rings. The summed E-state index contributed by atoms with van der Waals surface area (Å²) in [6, 6.07) is 6.82. The summed E-state index contributed by atoms with van der Waals surface area (Å²) >= 11 is 0. The molecule has 7 nitrogen and oxygen atoms in total. The van der Waals surface area contributed by atoms with Crippen LogP contribution in [-0.4, -0.2) is 47.9 Å². The Balaban J connectivity index is 1.73. The number of fused-ring (bicyclic) bond motifs is 1. The van der Waals surface area contributed by atoms with E-state index >= 15 is 0 Å². The zero-order chi connectivity index (χ0) is 18.0. The largest absolute Gasteiger partial charge is 0.419 e. The van der Waals surface area contributed by atoms with Crippen molar-refractivity contribution in [2.24, 2.45) is 0 Å². The van der Waals surface area contributed by atoms with E-state index in [0.29, 0.717) is 24.1 Å². The monoisotopic (exact) mass is 366 g/mol. The molecular weight excluding hydrogens is 344 g/mol. The van der Waals surface area contributed by atoms with Crippen LogP contribution in [0.25, 0.3) is 11.1 Å². The summed E-state index contributed by atoms with van der Waals surface area (Å²) in [4.78, 5) is 26.3. The van der Waals surface area contributed by atoms with Crippen molar-refractivity contribution >= 4 is 26.8 Å². The van der Waals surface area contributed by atoms with Gasteiger partial charge in [-0.1, -0.05) is 19.1 Å². The highest BCUT2D eigenvalue weighted by Gasteiger charge is 2.34. The van der Waals surface area contributed by atoms with E-state index in [9.17, 15) is 18.0 Å². The molecule has 0 unspecified atom stereocenters. The van der Waals surface area contributed by atoms with E-state index in [1.807, 2.05) is 13.0 Å². The van der Waals surface area contributed by atoms with Crippen LogP contribution in [0.15, 0.2) is 33.5 Å². The van der Waals surface area contributed by atoms with Crippen molar-refractivity contribution in [2.45, 2.75) is 38.8 Å². The highest BCUT2D eigenvalue weighted by Crippen LogP contribution is 2.19. The van der Waals surface area contributed by atoms with Crippen LogP contribution in [0.5, 0.6) is 0 Å². The number of oxazole rings is 1. The fraction of sp³-hybridized carbons (Fsp3) is 0.529. The van der Waals surface area contributed by atoms with E-state index in [1.54, 1.807) is 23.1 Å². The molecule has 0 radical (unpaired) electrons. The normalized spacial score (nSPS) is 19.3. The zero-order valence-electron chi connectivity index (χ0n) is 14.2. The first kappa shape index (κ1) is 17.7. The molecule has 0 saturated carbocycles. The van der Waals surface area contributed by atoms with Crippen molar-refractivity contribution < 1.29 is 17.6 Å². The maximum absolute atomic E-state index is 12.7. The Morgan fingerprint density at radius 3 is 2.80 bits per heavy atom. The summed E-state index contributed by atoms with van der Waals surface area (Å²) in [5, 5.41) is 0. The van der Waals surface area contributed by atoms with E-state index < -0.39 is 15.6 Å². The first-order valence-corrected chi connectivity index (χ1v) is 10.3. The lowest BCUT2D eigenvalue weighted by molar-refractivity contribution is -0.133. The second-order valence-electron chi connectivity index (χ2n) is 6.38. The zero-order valence-corrected chi connectivity index (χ0v) is 15.0. The number of para-hydroxylation sites is 2. The second-order valence-corrected chi connectivity index (χ2v) is 8.61. The van der Waals surface area contributed by atoms with E-state index in [-0.39, 0.29) is 36.4 Å². The lowest BCUT2D eigenvalue weighted by atomic mass is 10.2. The van der Waals surface area contributed by atoms with E-state index in [1.165, 1.54) is 4.57 Å². The molecule has 1 fully saturated rings. The summed E-state index contributed by atoms with van der Waals surface area (Å²) in [6.45, 7) is 2.70. The molecule has 1 aromatic heterocycles. The van der Waals surface area contributed by atoms with Crippen LogP contribution in [0.1, 0.15) is 26.2 Å². The molecular formula is C17H22N2O5S. The van der Waals surface area contributed by atoms with Crippen molar-refractivity contribution in [1.29, 1.82) is 0 Å². The van der Waals surface area contributed by atoms with Crippen LogP contribution in [0.3, 0.4) is 0 Å². The van der Waals surface area contributed by atoms with E-state index in [2.05, 4.69) is 0 Å². The number of carbonyl (C=O) groups is 1. The predicted octanol–water partition coefficient (Wildman–Crippen LogP) is 1.41. The SMILES string of the molecule is CCCN(C(=O)CCn1c(=O)oc2ccccc21)[C@@H]1CCS(=O)(=O)C1. The van der Waals surface area contributed by atoms with Crippen molar-refractivity contribution in [3.05, 3.63) is 34.8 Å². The summed E-state index contributed by atoms with van der Waals surface area (Å²) in [5.74, 6) is -0.440. The van der Waals surface area contributed by atoms with Gasteiger partial charge in [-0.2, -0.15) is 0 Å². The van der Waals surface area contributed by atoms with Gasteiger partial charge in [0.05, 0.1) is 17.0 Å². The quantitative estimate of drug-likeness (QED) is 0.771. The molecule has 1 amide bonds. The second kappa shape index (κ2) is 7.03. The number of amides is 1. The highest BCUT2D eigenvalue weighted by molar-refractivity contribution is 7.91. The molecule has 3 rings (SSSR count). The Bertz CT molecular complexity index is 928. The van der Waals surface area contributed by atoms with Crippen LogP contribution in [0.2, 0.25) is 0 Å². The Hall–Kier alpha value is -2.09. The molecule has 0 bridgehead atoms. The fourth-order valence-electron chi connectivity index (χ4n) is 3.35. The summed E-state index contributed by atoms with van der Waals surface area (Å²) in [6.07, 6.45) is 1.39. The number of rotatable bonds is 6. The Morgan fingerprint density at radius 1 is 1.36 bits per heavy atom.